The van der Waals surface area contributed by atoms with E-state index in [9.17, 15) is 4.79 Å². The van der Waals surface area contributed by atoms with Gasteiger partial charge in [0.1, 0.15) is 17.1 Å². The summed E-state index contributed by atoms with van der Waals surface area (Å²) in [5, 5.41) is 0.938. The molecule has 0 N–H and O–H groups in total. The van der Waals surface area contributed by atoms with Gasteiger partial charge < -0.3 is 18.5 Å². The lowest BCUT2D eigenvalue weighted by atomic mass is 9.98. The average Bonchev–Trinajstić information content (AvgIpc) is 3.46. The number of furan rings is 1. The summed E-state index contributed by atoms with van der Waals surface area (Å²) < 4.78 is 17.3. The second-order valence-corrected chi connectivity index (χ2v) is 7.89. The molecule has 0 saturated carbocycles. The molecule has 2 aromatic heterocycles. The van der Waals surface area contributed by atoms with Crippen molar-refractivity contribution in [3.8, 4) is 5.75 Å². The maximum absolute atomic E-state index is 13.0. The highest BCUT2D eigenvalue weighted by Crippen LogP contribution is 2.30. The molecule has 1 amide bonds. The van der Waals surface area contributed by atoms with E-state index in [1.165, 1.54) is 0 Å². The van der Waals surface area contributed by atoms with E-state index in [-0.39, 0.29) is 11.8 Å². The van der Waals surface area contributed by atoms with Crippen LogP contribution in [0.4, 0.5) is 0 Å². The summed E-state index contributed by atoms with van der Waals surface area (Å²) in [6.45, 7) is 1.28. The van der Waals surface area contributed by atoms with E-state index < -0.39 is 0 Å². The Morgan fingerprint density at radius 1 is 1.16 bits per heavy atom. The van der Waals surface area contributed by atoms with Crippen LogP contribution < -0.4 is 4.74 Å². The Morgan fingerprint density at radius 3 is 2.87 bits per heavy atom. The zero-order valence-electron chi connectivity index (χ0n) is 17.4. The quantitative estimate of drug-likeness (QED) is 0.456. The van der Waals surface area contributed by atoms with Crippen molar-refractivity contribution in [1.82, 2.24) is 9.88 Å². The smallest absolute Gasteiger partial charge is 0.289 e. The number of aromatic nitrogens is 1. The van der Waals surface area contributed by atoms with Gasteiger partial charge in [0.25, 0.3) is 5.91 Å². The fourth-order valence-corrected chi connectivity index (χ4v) is 4.24. The van der Waals surface area contributed by atoms with Gasteiger partial charge in [0, 0.05) is 30.5 Å². The maximum Gasteiger partial charge on any atom is 0.289 e. The van der Waals surface area contributed by atoms with E-state index in [2.05, 4.69) is 4.98 Å². The number of carbonyl (C=O) groups excluding carboxylic acids is 1. The fourth-order valence-electron chi connectivity index (χ4n) is 4.24. The number of carbonyl (C=O) groups is 1. The molecule has 4 aromatic rings. The van der Waals surface area contributed by atoms with E-state index in [1.807, 2.05) is 59.5 Å². The Balaban J connectivity index is 1.30. The molecule has 3 heterocycles. The van der Waals surface area contributed by atoms with Crippen molar-refractivity contribution in [2.45, 2.75) is 25.2 Å². The van der Waals surface area contributed by atoms with Gasteiger partial charge in [-0.05, 0) is 31.0 Å². The molecule has 31 heavy (non-hydrogen) atoms. The number of fused-ring (bicyclic) bond motifs is 1. The highest BCUT2D eigenvalue weighted by Gasteiger charge is 2.30. The molecule has 2 aromatic carbocycles. The number of oxazole rings is 1. The predicted octanol–water partition coefficient (Wildman–Crippen LogP) is 5.04. The number of para-hydroxylation sites is 2. The number of hydrogen-bond donors (Lipinski definition) is 0. The van der Waals surface area contributed by atoms with Crippen molar-refractivity contribution < 1.29 is 18.4 Å². The van der Waals surface area contributed by atoms with Crippen molar-refractivity contribution in [2.24, 2.45) is 0 Å². The lowest BCUT2D eigenvalue weighted by Crippen LogP contribution is -2.39. The molecular weight excluding hydrogens is 392 g/mol. The first-order chi connectivity index (χ1) is 15.2. The molecule has 1 fully saturated rings. The van der Waals surface area contributed by atoms with Gasteiger partial charge in [0.05, 0.1) is 19.2 Å². The van der Waals surface area contributed by atoms with E-state index in [4.69, 9.17) is 13.6 Å². The van der Waals surface area contributed by atoms with Crippen LogP contribution in [-0.4, -0.2) is 36.0 Å². The number of likely N-dealkylation sites (tertiary alicyclic amines) is 1. The monoisotopic (exact) mass is 416 g/mol. The normalized spacial score (nSPS) is 16.5. The molecule has 1 saturated heterocycles. The first kappa shape index (κ1) is 19.4. The van der Waals surface area contributed by atoms with Crippen LogP contribution in [-0.2, 0) is 6.42 Å². The average molecular weight is 416 g/mol. The number of benzene rings is 2. The Kier molecular flexibility index (Phi) is 5.20. The van der Waals surface area contributed by atoms with Crippen molar-refractivity contribution >= 4 is 16.9 Å². The molecular formula is C25H24N2O4. The van der Waals surface area contributed by atoms with Gasteiger partial charge in [-0.15, -0.1) is 0 Å². The summed E-state index contributed by atoms with van der Waals surface area (Å²) in [5.41, 5.74) is 1.78. The van der Waals surface area contributed by atoms with E-state index in [0.29, 0.717) is 31.2 Å². The molecule has 1 aliphatic rings. The summed E-state index contributed by atoms with van der Waals surface area (Å²) in [6.07, 6.45) is 4.24. The van der Waals surface area contributed by atoms with Gasteiger partial charge in [0.15, 0.2) is 11.7 Å². The van der Waals surface area contributed by atoms with Crippen molar-refractivity contribution in [3.63, 3.8) is 0 Å². The molecule has 6 heteroatoms. The SMILES string of the molecule is COc1ccccc1Cc1cnc([C@@H]2CCCN(C(=O)c3cc4ccccc4o3)C2)o1. The first-order valence-corrected chi connectivity index (χ1v) is 10.6. The van der Waals surface area contributed by atoms with Crippen LogP contribution in [0.1, 0.15) is 46.5 Å². The Morgan fingerprint density at radius 2 is 2.00 bits per heavy atom. The molecule has 0 aliphatic carbocycles. The van der Waals surface area contributed by atoms with Crippen LogP contribution in [0.3, 0.4) is 0 Å². The van der Waals surface area contributed by atoms with Crippen LogP contribution in [0.5, 0.6) is 5.75 Å². The Bertz CT molecular complexity index is 1180. The fraction of sp³-hybridized carbons (Fsp3) is 0.280. The second-order valence-electron chi connectivity index (χ2n) is 7.89. The molecule has 1 aliphatic heterocycles. The molecule has 158 valence electrons. The summed E-state index contributed by atoms with van der Waals surface area (Å²) in [6, 6.07) is 17.4. The minimum atomic E-state index is -0.0818. The minimum Gasteiger partial charge on any atom is -0.496 e. The standard InChI is InChI=1S/C25H24N2O4/c1-29-21-10-4-2-7-17(21)13-20-15-26-24(30-20)19-9-6-12-27(16-19)25(28)23-14-18-8-3-5-11-22(18)31-23/h2-5,7-8,10-11,14-15,19H,6,9,12-13,16H2,1H3/t19-/m1/s1. The molecule has 0 bridgehead atoms. The number of hydrogen-bond acceptors (Lipinski definition) is 5. The third-order valence-electron chi connectivity index (χ3n) is 5.82. The van der Waals surface area contributed by atoms with Crippen LogP contribution in [0, 0.1) is 0 Å². The van der Waals surface area contributed by atoms with Crippen LogP contribution >= 0.6 is 0 Å². The van der Waals surface area contributed by atoms with Crippen LogP contribution in [0.15, 0.2) is 69.6 Å². The van der Waals surface area contributed by atoms with Crippen molar-refractivity contribution in [2.75, 3.05) is 20.2 Å². The summed E-state index contributed by atoms with van der Waals surface area (Å²) in [5.74, 6) is 2.69. The molecule has 5 rings (SSSR count). The number of ether oxygens (including phenoxy) is 1. The summed E-state index contributed by atoms with van der Waals surface area (Å²) in [7, 11) is 1.67. The lowest BCUT2D eigenvalue weighted by molar-refractivity contribution is 0.0668. The topological polar surface area (TPSA) is 68.7 Å². The number of piperidine rings is 1. The molecule has 1 atom stereocenters. The zero-order chi connectivity index (χ0) is 21.2. The van der Waals surface area contributed by atoms with Crippen LogP contribution in [0.25, 0.3) is 11.0 Å². The van der Waals surface area contributed by atoms with Gasteiger partial charge in [-0.3, -0.25) is 4.79 Å². The predicted molar refractivity (Wildman–Crippen MR) is 116 cm³/mol. The van der Waals surface area contributed by atoms with E-state index in [0.717, 1.165) is 40.9 Å². The van der Waals surface area contributed by atoms with Gasteiger partial charge in [-0.1, -0.05) is 36.4 Å². The maximum atomic E-state index is 13.0. The molecule has 0 unspecified atom stereocenters. The number of methoxy groups -OCH3 is 1. The minimum absolute atomic E-state index is 0.0773. The molecule has 0 spiro atoms. The highest BCUT2D eigenvalue weighted by atomic mass is 16.5. The van der Waals surface area contributed by atoms with Crippen molar-refractivity contribution in [3.05, 3.63) is 83.8 Å². The van der Waals surface area contributed by atoms with Gasteiger partial charge in [-0.2, -0.15) is 0 Å². The molecule has 6 nitrogen and oxygen atoms in total. The van der Waals surface area contributed by atoms with E-state index >= 15 is 0 Å². The Labute approximate surface area is 180 Å². The number of nitrogens with zero attached hydrogens (tertiary/aromatic N) is 2. The van der Waals surface area contributed by atoms with Gasteiger partial charge in [0.2, 0.25) is 0 Å². The second kappa shape index (κ2) is 8.30. The number of amides is 1. The third kappa shape index (κ3) is 3.93. The van der Waals surface area contributed by atoms with E-state index in [1.54, 1.807) is 13.3 Å². The Hall–Kier alpha value is -3.54. The number of rotatable bonds is 5. The largest absolute Gasteiger partial charge is 0.496 e. The zero-order valence-corrected chi connectivity index (χ0v) is 17.4. The first-order valence-electron chi connectivity index (χ1n) is 10.6. The third-order valence-corrected chi connectivity index (χ3v) is 5.82. The van der Waals surface area contributed by atoms with Gasteiger partial charge >= 0.3 is 0 Å². The van der Waals surface area contributed by atoms with Gasteiger partial charge in [-0.25, -0.2) is 4.98 Å². The lowest BCUT2D eigenvalue weighted by Gasteiger charge is -2.30. The van der Waals surface area contributed by atoms with Crippen LogP contribution in [0.2, 0.25) is 0 Å². The van der Waals surface area contributed by atoms with Crippen molar-refractivity contribution in [1.29, 1.82) is 0 Å². The molecule has 0 radical (unpaired) electrons. The summed E-state index contributed by atoms with van der Waals surface area (Å²) in [4.78, 5) is 19.4. The summed E-state index contributed by atoms with van der Waals surface area (Å²) >= 11 is 0. The highest BCUT2D eigenvalue weighted by molar-refractivity contribution is 5.96.